The first-order valence-electron chi connectivity index (χ1n) is 28.6. The minimum Gasteiger partial charge on any atom is -0.309 e. The number of para-hydroxylation sites is 2. The summed E-state index contributed by atoms with van der Waals surface area (Å²) in [6, 6.07) is 82.7. The topological polar surface area (TPSA) is 6.48 Å². The lowest BCUT2D eigenvalue weighted by molar-refractivity contribution is 0.833. The van der Waals surface area contributed by atoms with Crippen LogP contribution in [0.25, 0.3) is 94.9 Å². The molecule has 2 heterocycles. The molecule has 0 bridgehead atoms. The second kappa shape index (κ2) is 19.8. The monoisotopic (exact) mass is 1070 g/mol. The van der Waals surface area contributed by atoms with Crippen LogP contribution in [0.5, 0.6) is 0 Å². The fourth-order valence-electron chi connectivity index (χ4n) is 13.3. The van der Waals surface area contributed by atoms with Gasteiger partial charge in [0.15, 0.2) is 0 Å². The molecule has 80 heavy (non-hydrogen) atoms. The molecular formula is C76H64N2S2. The molecule has 0 radical (unpaired) electrons. The lowest BCUT2D eigenvalue weighted by Gasteiger charge is -2.35. The zero-order valence-electron chi connectivity index (χ0n) is 46.8. The molecule has 4 heteroatoms. The minimum atomic E-state index is 0.212. The maximum Gasteiger partial charge on any atom is 0.0540 e. The van der Waals surface area contributed by atoms with Crippen LogP contribution in [0, 0.1) is 0 Å². The van der Waals surface area contributed by atoms with E-state index in [1.165, 1.54) is 140 Å². The predicted octanol–water partition coefficient (Wildman–Crippen LogP) is 24.1. The number of hydrogen-bond acceptors (Lipinski definition) is 4. The van der Waals surface area contributed by atoms with Crippen LogP contribution in [0.2, 0.25) is 0 Å². The van der Waals surface area contributed by atoms with E-state index in [4.69, 9.17) is 0 Å². The number of anilines is 6. The summed E-state index contributed by atoms with van der Waals surface area (Å²) in [7, 11) is 0. The Kier molecular flexibility index (Phi) is 12.4. The Bertz CT molecular complexity index is 4370. The highest BCUT2D eigenvalue weighted by atomic mass is 32.1. The van der Waals surface area contributed by atoms with E-state index in [0.29, 0.717) is 0 Å². The smallest absolute Gasteiger partial charge is 0.0540 e. The van der Waals surface area contributed by atoms with Gasteiger partial charge in [0.25, 0.3) is 0 Å². The molecule has 0 N–H and O–H groups in total. The molecule has 0 aliphatic rings. The molecule has 0 aliphatic heterocycles. The normalized spacial score (nSPS) is 12.2. The number of thiophene rings is 2. The van der Waals surface area contributed by atoms with Gasteiger partial charge in [-0.25, -0.2) is 0 Å². The first kappa shape index (κ1) is 50.0. The van der Waals surface area contributed by atoms with Crippen LogP contribution in [-0.2, 0) is 0 Å². The van der Waals surface area contributed by atoms with Crippen LogP contribution in [0.3, 0.4) is 0 Å². The van der Waals surface area contributed by atoms with E-state index >= 15 is 0 Å². The van der Waals surface area contributed by atoms with E-state index in [9.17, 15) is 0 Å². The first-order chi connectivity index (χ1) is 39.0. The van der Waals surface area contributed by atoms with Crippen LogP contribution in [0.1, 0.15) is 101 Å². The predicted molar refractivity (Wildman–Crippen MR) is 353 cm³/mol. The van der Waals surface area contributed by atoms with Crippen molar-refractivity contribution in [1.29, 1.82) is 0 Å². The SMILES string of the molecule is CC(C)c1ccc(-c2cccc3c2sc2ccccc23)c(C(C)C)c1N(c1ccccc1)c1ccc2ccc3c(N(c4ccccc4)c4c(C(C)C)ccc(-c5cccc6c5sc5ccccc56)c4C(C)C)ccc4ccc1c2c43. The van der Waals surface area contributed by atoms with E-state index in [1.807, 2.05) is 22.7 Å². The number of fused-ring (bicyclic) bond motifs is 6. The summed E-state index contributed by atoms with van der Waals surface area (Å²) in [4.78, 5) is 5.24. The first-order valence-corrected chi connectivity index (χ1v) is 30.2. The van der Waals surface area contributed by atoms with Gasteiger partial charge in [0.2, 0.25) is 0 Å². The van der Waals surface area contributed by atoms with Gasteiger partial charge in [0, 0.05) is 62.5 Å². The third-order valence-electron chi connectivity index (χ3n) is 16.9. The van der Waals surface area contributed by atoms with Crippen molar-refractivity contribution < 1.29 is 0 Å². The van der Waals surface area contributed by atoms with Crippen molar-refractivity contribution in [2.24, 2.45) is 0 Å². The Morgan fingerprint density at radius 1 is 0.287 bits per heavy atom. The number of benzene rings is 12. The average molecular weight is 1070 g/mol. The summed E-state index contributed by atoms with van der Waals surface area (Å²) < 4.78 is 5.33. The Balaban J connectivity index is 1.03. The van der Waals surface area contributed by atoms with Gasteiger partial charge in [-0.1, -0.05) is 225 Å². The molecule has 0 unspecified atom stereocenters. The zero-order chi connectivity index (χ0) is 54.5. The van der Waals surface area contributed by atoms with Crippen LogP contribution < -0.4 is 9.80 Å². The van der Waals surface area contributed by atoms with Crippen molar-refractivity contribution in [2.45, 2.75) is 79.1 Å². The van der Waals surface area contributed by atoms with Gasteiger partial charge in [-0.3, -0.25) is 0 Å². The van der Waals surface area contributed by atoms with Crippen molar-refractivity contribution in [3.05, 3.63) is 241 Å². The highest BCUT2D eigenvalue weighted by Gasteiger charge is 2.31. The molecule has 2 aromatic heterocycles. The molecule has 2 nitrogen and oxygen atoms in total. The van der Waals surface area contributed by atoms with Crippen molar-refractivity contribution in [3.8, 4) is 22.3 Å². The minimum absolute atomic E-state index is 0.212. The Hall–Kier alpha value is -8.28. The summed E-state index contributed by atoms with van der Waals surface area (Å²) >= 11 is 3.83. The number of hydrogen-bond donors (Lipinski definition) is 0. The fourth-order valence-corrected chi connectivity index (χ4v) is 15.8. The Morgan fingerprint density at radius 3 is 1.06 bits per heavy atom. The van der Waals surface area contributed by atoms with Crippen molar-refractivity contribution in [3.63, 3.8) is 0 Å². The van der Waals surface area contributed by atoms with E-state index in [-0.39, 0.29) is 23.7 Å². The van der Waals surface area contributed by atoms with E-state index < -0.39 is 0 Å². The lowest BCUT2D eigenvalue weighted by Crippen LogP contribution is -2.17. The zero-order valence-corrected chi connectivity index (χ0v) is 48.4. The molecule has 0 saturated carbocycles. The molecule has 0 amide bonds. The van der Waals surface area contributed by atoms with E-state index in [0.717, 1.165) is 11.4 Å². The summed E-state index contributed by atoms with van der Waals surface area (Å²) in [5.74, 6) is 0.946. The summed E-state index contributed by atoms with van der Waals surface area (Å²) in [5, 5.41) is 12.8. The quantitative estimate of drug-likeness (QED) is 0.113. The van der Waals surface area contributed by atoms with Crippen molar-refractivity contribution in [2.75, 3.05) is 9.80 Å². The van der Waals surface area contributed by atoms with Crippen LogP contribution in [0.4, 0.5) is 34.1 Å². The van der Waals surface area contributed by atoms with Crippen molar-refractivity contribution >= 4 is 129 Å². The third-order valence-corrected chi connectivity index (χ3v) is 19.3. The second-order valence-corrected chi connectivity index (χ2v) is 25.1. The maximum atomic E-state index is 2.62. The molecule has 0 spiro atoms. The number of rotatable bonds is 12. The molecule has 14 rings (SSSR count). The maximum absolute atomic E-state index is 2.62. The van der Waals surface area contributed by atoms with Crippen LogP contribution in [-0.4, -0.2) is 0 Å². The highest BCUT2D eigenvalue weighted by Crippen LogP contribution is 2.55. The van der Waals surface area contributed by atoms with Gasteiger partial charge in [0.1, 0.15) is 0 Å². The van der Waals surface area contributed by atoms with Crippen molar-refractivity contribution in [1.82, 2.24) is 0 Å². The fraction of sp³-hybridized carbons (Fsp3) is 0.158. The molecule has 0 fully saturated rings. The molecule has 0 saturated heterocycles. The molecule has 390 valence electrons. The largest absolute Gasteiger partial charge is 0.309 e. The van der Waals surface area contributed by atoms with Crippen LogP contribution >= 0.6 is 22.7 Å². The Morgan fingerprint density at radius 2 is 0.662 bits per heavy atom. The average Bonchev–Trinajstić information content (AvgIpc) is 4.15. The lowest BCUT2D eigenvalue weighted by atomic mass is 9.84. The van der Waals surface area contributed by atoms with Gasteiger partial charge in [0.05, 0.1) is 22.7 Å². The van der Waals surface area contributed by atoms with Gasteiger partial charge >= 0.3 is 0 Å². The molecule has 0 atom stereocenters. The highest BCUT2D eigenvalue weighted by molar-refractivity contribution is 7.26. The third kappa shape index (κ3) is 7.93. The summed E-state index contributed by atoms with van der Waals surface area (Å²) in [6.07, 6.45) is 0. The standard InChI is InChI=1S/C76H64N2S2/c1-45(2)53-39-41-57(61-29-19-27-59-55-25-15-17-31-67(55)79-75(59)61)69(47(5)6)73(53)77(51-21-11-9-12-22-51)65-43-35-49-34-38-64-66(44-36-50-33-37-63(65)71(49)72(50)64)78(52-23-13-10-14-24-52)74-54(46(3)4)40-42-58(70(74)48(7)8)62-30-20-28-60-56-26-16-18-32-68(56)80-76(60)62/h9-48H,1-8H3. The summed E-state index contributed by atoms with van der Waals surface area (Å²) in [6.45, 7) is 19.0. The van der Waals surface area contributed by atoms with Gasteiger partial charge < -0.3 is 9.80 Å². The van der Waals surface area contributed by atoms with E-state index in [2.05, 4.69) is 284 Å². The van der Waals surface area contributed by atoms with Gasteiger partial charge in [-0.05, 0) is 138 Å². The van der Waals surface area contributed by atoms with Gasteiger partial charge in [-0.15, -0.1) is 22.7 Å². The van der Waals surface area contributed by atoms with Crippen LogP contribution in [0.15, 0.2) is 218 Å². The molecule has 12 aromatic carbocycles. The molecular weight excluding hydrogens is 1000 g/mol. The second-order valence-electron chi connectivity index (χ2n) is 23.0. The van der Waals surface area contributed by atoms with Gasteiger partial charge in [-0.2, -0.15) is 0 Å². The Labute approximate surface area is 478 Å². The molecule has 0 aliphatic carbocycles. The summed E-state index contributed by atoms with van der Waals surface area (Å²) in [5.41, 5.74) is 17.8. The number of nitrogens with zero attached hydrogens (tertiary/aromatic N) is 2. The van der Waals surface area contributed by atoms with E-state index in [1.54, 1.807) is 0 Å². The molecule has 14 aromatic rings.